The molecule has 0 atom stereocenters. The highest BCUT2D eigenvalue weighted by Gasteiger charge is 2.68. The van der Waals surface area contributed by atoms with E-state index in [2.05, 4.69) is 82.1 Å². The Bertz CT molecular complexity index is 3740. The number of nitrogens with zero attached hydrogens (tertiary/aromatic N) is 10. The lowest BCUT2D eigenvalue weighted by Gasteiger charge is -2.32. The van der Waals surface area contributed by atoms with Crippen molar-refractivity contribution in [3.63, 3.8) is 0 Å². The summed E-state index contributed by atoms with van der Waals surface area (Å²) in [4.78, 5) is 51.1. The average molecular weight is 1260 g/mol. The maximum absolute atomic E-state index is 14.8. The third-order valence-corrected chi connectivity index (χ3v) is 16.7. The van der Waals surface area contributed by atoms with Gasteiger partial charge in [-0.2, -0.15) is 26.3 Å². The molecule has 28 heteroatoms. The van der Waals surface area contributed by atoms with Crippen molar-refractivity contribution in [3.05, 3.63) is 159 Å². The Labute approximate surface area is 495 Å². The minimum Gasteiger partial charge on any atom is -0.399 e. The van der Waals surface area contributed by atoms with Gasteiger partial charge >= 0.3 is 19.5 Å². The van der Waals surface area contributed by atoms with Crippen LogP contribution in [0.25, 0.3) is 11.1 Å². The summed E-state index contributed by atoms with van der Waals surface area (Å²) in [6.45, 7) is 9.63. The van der Waals surface area contributed by atoms with Crippen molar-refractivity contribution in [3.8, 4) is 11.1 Å². The fourth-order valence-electron chi connectivity index (χ4n) is 10.3. The highest BCUT2D eigenvalue weighted by atomic mass is 79.9. The number of imidazole rings is 2. The van der Waals surface area contributed by atoms with Crippen LogP contribution in [0.1, 0.15) is 124 Å². The number of amides is 2. The number of alkyl halides is 6. The number of aryl methyl sites for hydroxylation is 4. The predicted molar refractivity (Wildman–Crippen MR) is 298 cm³/mol. The Kier molecular flexibility index (Phi) is 16.2. The molecular formula is C58H56BBrF8N12O6. The van der Waals surface area contributed by atoms with Crippen molar-refractivity contribution in [2.75, 3.05) is 10.6 Å². The van der Waals surface area contributed by atoms with Gasteiger partial charge in [0.05, 0.1) is 52.7 Å². The van der Waals surface area contributed by atoms with E-state index < -0.39 is 65.0 Å². The van der Waals surface area contributed by atoms with Crippen LogP contribution in [0.2, 0.25) is 0 Å². The fraction of sp³-hybridized carbons (Fsp3) is 0.414. The number of fused-ring (bicyclic) bond motifs is 2. The molecule has 86 heavy (non-hydrogen) atoms. The number of hydrogen-bond acceptors (Lipinski definition) is 14. The number of carbonyl (C=O) groups excluding carboxylic acids is 2. The average Bonchev–Trinajstić information content (AvgIpc) is 1.67. The minimum atomic E-state index is -4.45. The molecular weight excluding hydrogens is 1200 g/mol. The first-order valence-corrected chi connectivity index (χ1v) is 28.5. The quantitative estimate of drug-likeness (QED) is 0.0765. The normalized spacial score (nSPS) is 17.4. The highest BCUT2D eigenvalue weighted by Crippen LogP contribution is 2.60. The number of hydrogen-bond donors (Lipinski definition) is 2. The van der Waals surface area contributed by atoms with Crippen LogP contribution in [0, 0.1) is 11.6 Å². The molecule has 2 aromatic carbocycles. The first kappa shape index (κ1) is 60.0. The largest absolute Gasteiger partial charge is 0.494 e. The molecule has 450 valence electrons. The van der Waals surface area contributed by atoms with E-state index in [0.717, 1.165) is 72.0 Å². The van der Waals surface area contributed by atoms with E-state index >= 15 is 0 Å². The van der Waals surface area contributed by atoms with Crippen molar-refractivity contribution in [2.45, 2.75) is 152 Å². The third-order valence-electron chi connectivity index (χ3n) is 16.2. The Hall–Kier alpha value is -7.72. The van der Waals surface area contributed by atoms with Gasteiger partial charge in [0.25, 0.3) is 0 Å². The van der Waals surface area contributed by atoms with Gasteiger partial charge in [-0.3, -0.25) is 9.59 Å². The molecule has 3 fully saturated rings. The zero-order chi connectivity index (χ0) is 61.0. The second-order valence-corrected chi connectivity index (χ2v) is 23.9. The van der Waals surface area contributed by atoms with Gasteiger partial charge in [-0.25, -0.2) is 38.7 Å². The first-order chi connectivity index (χ1) is 40.7. The first-order valence-electron chi connectivity index (χ1n) is 27.7. The Morgan fingerprint density at radius 2 is 1.06 bits per heavy atom. The van der Waals surface area contributed by atoms with Crippen LogP contribution < -0.4 is 16.1 Å². The van der Waals surface area contributed by atoms with Gasteiger partial charge in [0.15, 0.2) is 23.2 Å². The van der Waals surface area contributed by atoms with E-state index in [1.54, 1.807) is 36.9 Å². The molecule has 2 aliphatic carbocycles. The highest BCUT2D eigenvalue weighted by molar-refractivity contribution is 9.10. The van der Waals surface area contributed by atoms with Gasteiger partial charge < -0.3 is 38.1 Å². The molecule has 6 aromatic heterocycles. The number of halogens is 9. The molecule has 0 spiro atoms. The lowest BCUT2D eigenvalue weighted by Crippen LogP contribution is -2.41. The summed E-state index contributed by atoms with van der Waals surface area (Å²) in [6, 6.07) is 10.9. The summed E-state index contributed by atoms with van der Waals surface area (Å²) in [7, 11) is -0.741. The molecule has 1 saturated heterocycles. The van der Waals surface area contributed by atoms with E-state index in [9.17, 15) is 44.7 Å². The lowest BCUT2D eigenvalue weighted by molar-refractivity contribution is -0.166. The summed E-state index contributed by atoms with van der Waals surface area (Å²) >= 11 is 3.32. The number of nitrogens with one attached hydrogen (secondary N) is 2. The van der Waals surface area contributed by atoms with Crippen LogP contribution in [0.3, 0.4) is 0 Å². The molecule has 9 heterocycles. The van der Waals surface area contributed by atoms with Crippen molar-refractivity contribution in [1.29, 1.82) is 0 Å². The van der Waals surface area contributed by atoms with Gasteiger partial charge in [-0.05, 0) is 116 Å². The topological polar surface area (TPSA) is 216 Å². The van der Waals surface area contributed by atoms with Gasteiger partial charge in [-0.15, -0.1) is 0 Å². The molecule has 8 aromatic rings. The van der Waals surface area contributed by atoms with Gasteiger partial charge in [0.1, 0.15) is 45.8 Å². The van der Waals surface area contributed by atoms with E-state index in [1.165, 1.54) is 36.5 Å². The van der Waals surface area contributed by atoms with E-state index in [0.29, 0.717) is 35.3 Å². The van der Waals surface area contributed by atoms with Crippen molar-refractivity contribution in [2.24, 2.45) is 0 Å². The summed E-state index contributed by atoms with van der Waals surface area (Å²) in [5.41, 5.74) is -1.37. The zero-order valence-corrected chi connectivity index (χ0v) is 48.5. The molecule has 0 radical (unpaired) electrons. The lowest BCUT2D eigenvalue weighted by atomic mass is 9.78. The Morgan fingerprint density at radius 3 is 1.48 bits per heavy atom. The SMILES string of the molecule is Brc1cnc(Cc2cn3c(n2)CCC3)nc1.CC1(C)OB(c2ccc(CC(=O)Nc3cc(C4(C(F)(F)F)CC4)on3)c(F)c2)OC1(C)C.O=C(Cc1ccc(-c2cnc(Cc3cn4c(n3)CCC4)nc2)cc1F)Nc1cc(C2(C(F)(F)F)CC2)on1. The maximum Gasteiger partial charge on any atom is 0.494 e. The van der Waals surface area contributed by atoms with E-state index in [4.69, 9.17) is 18.4 Å². The minimum absolute atomic E-state index is 0.0839. The molecule has 2 saturated carbocycles. The van der Waals surface area contributed by atoms with Gasteiger partial charge in [0.2, 0.25) is 11.8 Å². The summed E-state index contributed by atoms with van der Waals surface area (Å²) in [5, 5.41) is 11.7. The number of anilines is 2. The molecule has 18 nitrogen and oxygen atoms in total. The zero-order valence-electron chi connectivity index (χ0n) is 46.9. The van der Waals surface area contributed by atoms with Crippen molar-refractivity contribution in [1.82, 2.24) is 49.4 Å². The third kappa shape index (κ3) is 12.9. The number of aromatic nitrogens is 10. The van der Waals surface area contributed by atoms with E-state index in [-0.39, 0.29) is 72.8 Å². The summed E-state index contributed by atoms with van der Waals surface area (Å²) in [5.74, 6) is 0.257. The molecule has 13 rings (SSSR count). The Morgan fingerprint density at radius 1 is 0.616 bits per heavy atom. The number of carbonyl (C=O) groups is 2. The fourth-order valence-corrected chi connectivity index (χ4v) is 10.5. The predicted octanol–water partition coefficient (Wildman–Crippen LogP) is 10.6. The molecule has 2 amide bonds. The standard InChI is InChI=1S/C26H22F4N6O2.C21H23BF4N2O4.C11H11BrN4/c27-19-8-15(17-12-31-21(32-13-17)10-18-14-36-7-1-2-23(36)33-18)3-4-16(19)9-24(37)34-22-11-20(38-35-22)25(5-6-25)26(28,29)30;1-18(2)19(3,4)32-22(31-18)13-6-5-12(14(23)10-13)9-17(29)27-16-11-15(30-28-16)20(7-8-20)21(24,25)26;12-8-5-13-10(14-6-8)4-9-7-16-3-1-2-11(16)15-9/h3-4,8,11-14H,1-2,5-7,9-10H2,(H,34,35,37);5-6,10-11H,7-9H2,1-4H3,(H,27,28,29);5-7H,1-4H2. The second-order valence-electron chi connectivity index (χ2n) is 23.0. The van der Waals surface area contributed by atoms with Crippen LogP contribution in [-0.2, 0) is 81.3 Å². The number of rotatable bonds is 14. The van der Waals surface area contributed by atoms with Crippen LogP contribution in [0.4, 0.5) is 46.8 Å². The smallest absolute Gasteiger partial charge is 0.399 e. The molecule has 3 aliphatic heterocycles. The van der Waals surface area contributed by atoms with Crippen molar-refractivity contribution >= 4 is 52.0 Å². The van der Waals surface area contributed by atoms with Gasteiger partial charge in [-0.1, -0.05) is 34.6 Å². The number of benzene rings is 2. The van der Waals surface area contributed by atoms with Crippen LogP contribution in [0.5, 0.6) is 0 Å². The van der Waals surface area contributed by atoms with Crippen LogP contribution >= 0.6 is 15.9 Å². The molecule has 5 aliphatic rings. The molecule has 0 bridgehead atoms. The van der Waals surface area contributed by atoms with Gasteiger partial charge in [0, 0.05) is 80.8 Å². The Balaban J connectivity index is 0.000000144. The molecule has 2 N–H and O–H groups in total. The molecule has 0 unspecified atom stereocenters. The summed E-state index contributed by atoms with van der Waals surface area (Å²) < 4.78 is 135. The maximum atomic E-state index is 14.8. The van der Waals surface area contributed by atoms with E-state index in [1.807, 2.05) is 33.9 Å². The van der Waals surface area contributed by atoms with Crippen LogP contribution in [-0.4, -0.2) is 91.8 Å². The monoisotopic (exact) mass is 1260 g/mol. The van der Waals surface area contributed by atoms with Crippen molar-refractivity contribution < 1.29 is 63.1 Å². The van der Waals surface area contributed by atoms with Crippen LogP contribution in [0.15, 0.2) is 99.2 Å². The second kappa shape index (κ2) is 23.2. The summed E-state index contributed by atoms with van der Waals surface area (Å²) in [6.07, 6.45) is 6.64.